The lowest BCUT2D eigenvalue weighted by molar-refractivity contribution is 0.0984. The highest BCUT2D eigenvalue weighted by Gasteiger charge is 2.22. The van der Waals surface area contributed by atoms with Crippen LogP contribution in [0.5, 0.6) is 5.75 Å². The van der Waals surface area contributed by atoms with E-state index < -0.39 is 17.5 Å². The van der Waals surface area contributed by atoms with Crippen LogP contribution in [0.1, 0.15) is 10.4 Å². The van der Waals surface area contributed by atoms with Crippen LogP contribution in [0.4, 0.5) is 13.9 Å². The Bertz CT molecular complexity index is 975. The quantitative estimate of drug-likeness (QED) is 0.641. The van der Waals surface area contributed by atoms with Gasteiger partial charge >= 0.3 is 0 Å². The number of halogens is 2. The first-order chi connectivity index (χ1) is 12.9. The van der Waals surface area contributed by atoms with E-state index in [-0.39, 0.29) is 5.56 Å². The Morgan fingerprint density at radius 3 is 2.56 bits per heavy atom. The van der Waals surface area contributed by atoms with Gasteiger partial charge in [0.25, 0.3) is 5.91 Å². The second-order valence-corrected chi connectivity index (χ2v) is 7.23. The van der Waals surface area contributed by atoms with Crippen LogP contribution in [-0.2, 0) is 0 Å². The summed E-state index contributed by atoms with van der Waals surface area (Å²) in [6.45, 7) is 0.955. The highest BCUT2D eigenvalue weighted by Crippen LogP contribution is 2.32. The van der Waals surface area contributed by atoms with Gasteiger partial charge in [-0.15, -0.1) is 0 Å². The molecule has 0 fully saturated rings. The predicted octanol–water partition coefficient (Wildman–Crippen LogP) is 3.79. The van der Waals surface area contributed by atoms with Crippen molar-refractivity contribution in [2.75, 3.05) is 39.2 Å². The molecule has 0 radical (unpaired) electrons. The van der Waals surface area contributed by atoms with Gasteiger partial charge in [0.2, 0.25) is 0 Å². The molecule has 0 atom stereocenters. The number of rotatable bonds is 6. The number of ether oxygens (including phenoxy) is 1. The summed E-state index contributed by atoms with van der Waals surface area (Å²) in [5.74, 6) is -1.77. The molecule has 0 unspecified atom stereocenters. The number of fused-ring (bicyclic) bond motifs is 1. The highest BCUT2D eigenvalue weighted by molar-refractivity contribution is 7.22. The van der Waals surface area contributed by atoms with E-state index in [1.54, 1.807) is 13.2 Å². The number of nitrogens with zero attached hydrogens (tertiary/aromatic N) is 3. The fraction of sp³-hybridized carbons (Fsp3) is 0.263. The van der Waals surface area contributed by atoms with Crippen LogP contribution in [-0.4, -0.2) is 50.1 Å². The minimum absolute atomic E-state index is 0.0736. The Morgan fingerprint density at radius 2 is 1.89 bits per heavy atom. The summed E-state index contributed by atoms with van der Waals surface area (Å²) >= 11 is 1.34. The third-order valence-corrected chi connectivity index (χ3v) is 5.04. The molecule has 1 aromatic heterocycles. The lowest BCUT2D eigenvalue weighted by Gasteiger charge is -2.22. The molecule has 0 spiro atoms. The molecular formula is C19H19F2N3O2S. The van der Waals surface area contributed by atoms with E-state index in [2.05, 4.69) is 4.98 Å². The average Bonchev–Trinajstić information content (AvgIpc) is 3.06. The van der Waals surface area contributed by atoms with Crippen LogP contribution in [0.15, 0.2) is 36.4 Å². The van der Waals surface area contributed by atoms with Gasteiger partial charge in [0.05, 0.1) is 17.3 Å². The standard InChI is InChI=1S/C19H19F2N3O2S/c1-23(2)8-9-24(18(25)12-4-6-14(20)15(21)10-12)19-22-16-7-5-13(26-3)11-17(16)27-19/h4-7,10-11H,8-9H2,1-3H3. The summed E-state index contributed by atoms with van der Waals surface area (Å²) in [6.07, 6.45) is 0. The van der Waals surface area contributed by atoms with Gasteiger partial charge in [-0.1, -0.05) is 11.3 Å². The highest BCUT2D eigenvalue weighted by atomic mass is 32.1. The fourth-order valence-electron chi connectivity index (χ4n) is 2.50. The Morgan fingerprint density at radius 1 is 1.11 bits per heavy atom. The van der Waals surface area contributed by atoms with Crippen molar-refractivity contribution in [1.29, 1.82) is 0 Å². The monoisotopic (exact) mass is 391 g/mol. The number of amides is 1. The molecule has 0 aliphatic heterocycles. The summed E-state index contributed by atoms with van der Waals surface area (Å²) in [4.78, 5) is 20.9. The number of benzene rings is 2. The van der Waals surface area contributed by atoms with Gasteiger partial charge in [-0.25, -0.2) is 13.8 Å². The molecule has 8 heteroatoms. The number of methoxy groups -OCH3 is 1. The molecule has 0 aliphatic carbocycles. The minimum Gasteiger partial charge on any atom is -0.497 e. The number of carbonyl (C=O) groups is 1. The molecule has 1 heterocycles. The van der Waals surface area contributed by atoms with Crippen molar-refractivity contribution in [2.24, 2.45) is 0 Å². The Labute approximate surface area is 159 Å². The summed E-state index contributed by atoms with van der Waals surface area (Å²) in [6, 6.07) is 8.61. The lowest BCUT2D eigenvalue weighted by atomic mass is 10.2. The second-order valence-electron chi connectivity index (χ2n) is 6.22. The van der Waals surface area contributed by atoms with Crippen LogP contribution in [0.2, 0.25) is 0 Å². The molecule has 0 bridgehead atoms. The largest absolute Gasteiger partial charge is 0.497 e. The lowest BCUT2D eigenvalue weighted by Crippen LogP contribution is -2.36. The first kappa shape index (κ1) is 19.2. The normalized spacial score (nSPS) is 11.2. The Kier molecular flexibility index (Phi) is 5.67. The third-order valence-electron chi connectivity index (χ3n) is 4.00. The van der Waals surface area contributed by atoms with E-state index in [4.69, 9.17) is 4.74 Å². The van der Waals surface area contributed by atoms with Gasteiger partial charge in [-0.3, -0.25) is 9.69 Å². The van der Waals surface area contributed by atoms with Crippen LogP contribution < -0.4 is 9.64 Å². The van der Waals surface area contributed by atoms with E-state index in [1.807, 2.05) is 31.1 Å². The average molecular weight is 391 g/mol. The predicted molar refractivity (Wildman–Crippen MR) is 103 cm³/mol. The number of carbonyl (C=O) groups excluding carboxylic acids is 1. The first-order valence-corrected chi connectivity index (χ1v) is 9.07. The van der Waals surface area contributed by atoms with E-state index in [1.165, 1.54) is 22.3 Å². The number of hydrogen-bond donors (Lipinski definition) is 0. The number of anilines is 1. The van der Waals surface area contributed by atoms with Crippen LogP contribution >= 0.6 is 11.3 Å². The van der Waals surface area contributed by atoms with Gasteiger partial charge in [0.1, 0.15) is 5.75 Å². The maximum Gasteiger partial charge on any atom is 0.260 e. The van der Waals surface area contributed by atoms with Crippen molar-refractivity contribution in [3.63, 3.8) is 0 Å². The van der Waals surface area contributed by atoms with Crippen molar-refractivity contribution >= 4 is 32.6 Å². The Hall–Kier alpha value is -2.58. The molecule has 3 rings (SSSR count). The first-order valence-electron chi connectivity index (χ1n) is 8.25. The molecule has 0 saturated heterocycles. The van der Waals surface area contributed by atoms with Gasteiger partial charge in [0.15, 0.2) is 16.8 Å². The molecule has 5 nitrogen and oxygen atoms in total. The van der Waals surface area contributed by atoms with E-state index in [0.29, 0.717) is 24.0 Å². The number of aromatic nitrogens is 1. The SMILES string of the molecule is COc1ccc2nc(N(CCN(C)C)C(=O)c3ccc(F)c(F)c3)sc2c1. The van der Waals surface area contributed by atoms with Crippen molar-refractivity contribution in [1.82, 2.24) is 9.88 Å². The minimum atomic E-state index is -1.05. The number of likely N-dealkylation sites (N-methyl/N-ethyl adjacent to an activating group) is 1. The van der Waals surface area contributed by atoms with Gasteiger partial charge < -0.3 is 9.64 Å². The molecule has 0 saturated carbocycles. The zero-order chi connectivity index (χ0) is 19.6. The Balaban J connectivity index is 1.99. The van der Waals surface area contributed by atoms with Gasteiger partial charge in [-0.05, 0) is 50.5 Å². The summed E-state index contributed by atoms with van der Waals surface area (Å²) in [7, 11) is 5.37. The third kappa shape index (κ3) is 4.23. The summed E-state index contributed by atoms with van der Waals surface area (Å²) < 4.78 is 32.9. The van der Waals surface area contributed by atoms with Gasteiger partial charge in [0, 0.05) is 18.7 Å². The van der Waals surface area contributed by atoms with E-state index in [9.17, 15) is 13.6 Å². The zero-order valence-electron chi connectivity index (χ0n) is 15.2. The number of thiazole rings is 1. The summed E-state index contributed by atoms with van der Waals surface area (Å²) in [5.41, 5.74) is 0.813. The molecule has 142 valence electrons. The smallest absolute Gasteiger partial charge is 0.260 e. The van der Waals surface area contributed by atoms with E-state index in [0.717, 1.165) is 22.3 Å². The van der Waals surface area contributed by atoms with Crippen molar-refractivity contribution in [2.45, 2.75) is 0 Å². The van der Waals surface area contributed by atoms with Crippen molar-refractivity contribution in [3.05, 3.63) is 53.6 Å². The van der Waals surface area contributed by atoms with Gasteiger partial charge in [-0.2, -0.15) is 0 Å². The zero-order valence-corrected chi connectivity index (χ0v) is 16.0. The second kappa shape index (κ2) is 7.98. The molecule has 0 aliphatic rings. The van der Waals surface area contributed by atoms with Crippen LogP contribution in [0.3, 0.4) is 0 Å². The molecule has 1 amide bonds. The number of hydrogen-bond acceptors (Lipinski definition) is 5. The van der Waals surface area contributed by atoms with Crippen molar-refractivity contribution < 1.29 is 18.3 Å². The molecule has 0 N–H and O–H groups in total. The maximum absolute atomic E-state index is 13.6. The van der Waals surface area contributed by atoms with Crippen LogP contribution in [0, 0.1) is 11.6 Å². The topological polar surface area (TPSA) is 45.7 Å². The summed E-state index contributed by atoms with van der Waals surface area (Å²) in [5, 5.41) is 0.495. The van der Waals surface area contributed by atoms with Crippen molar-refractivity contribution in [3.8, 4) is 5.75 Å². The van der Waals surface area contributed by atoms with Crippen LogP contribution in [0.25, 0.3) is 10.2 Å². The molecule has 27 heavy (non-hydrogen) atoms. The molecular weight excluding hydrogens is 372 g/mol. The van der Waals surface area contributed by atoms with E-state index >= 15 is 0 Å². The maximum atomic E-state index is 13.6. The molecule has 2 aromatic carbocycles. The fourth-order valence-corrected chi connectivity index (χ4v) is 3.52. The molecule has 3 aromatic rings.